The number of carbonyl (C=O) groups excluding carboxylic acids is 1. The second kappa shape index (κ2) is 11.1. The molecule has 2 aromatic rings. The number of aliphatic carboxylic acids is 1. The Morgan fingerprint density at radius 1 is 1.11 bits per heavy atom. The van der Waals surface area contributed by atoms with Crippen LogP contribution < -0.4 is 10.1 Å². The molecule has 2 aliphatic carbocycles. The Morgan fingerprint density at radius 3 is 2.34 bits per heavy atom. The smallest absolute Gasteiger partial charge is 0.387 e. The highest BCUT2D eigenvalue weighted by molar-refractivity contribution is 5.97. The maximum absolute atomic E-state index is 13.6. The van der Waals surface area contributed by atoms with Crippen molar-refractivity contribution in [3.63, 3.8) is 0 Å². The molecule has 0 spiro atoms. The van der Waals surface area contributed by atoms with Gasteiger partial charge in [0.2, 0.25) is 0 Å². The van der Waals surface area contributed by atoms with E-state index in [0.717, 1.165) is 24.1 Å². The monoisotopic (exact) mass is 530 g/mol. The average molecular weight is 531 g/mol. The molecule has 2 saturated carbocycles. The SMILES string of the molecule is Cc1cc(C(C)(C)C)cc(-c2cc(C(=O)NC3CC(C(=O)O)C3)c(C)n2CC2CCCCC2)c1OC(F)F. The second-order valence-corrected chi connectivity index (χ2v) is 12.1. The molecular formula is C30H40F2N2O4. The molecule has 1 amide bonds. The van der Waals surface area contributed by atoms with Crippen LogP contribution in [-0.2, 0) is 16.8 Å². The van der Waals surface area contributed by atoms with Gasteiger partial charge in [-0.25, -0.2) is 0 Å². The van der Waals surface area contributed by atoms with Crippen LogP contribution in [0.5, 0.6) is 5.75 Å². The van der Waals surface area contributed by atoms with E-state index in [1.807, 2.05) is 19.1 Å². The fourth-order valence-corrected chi connectivity index (χ4v) is 5.80. The Kier molecular flexibility index (Phi) is 8.19. The number of aryl methyl sites for hydroxylation is 1. The van der Waals surface area contributed by atoms with Crippen molar-refractivity contribution in [3.05, 3.63) is 40.6 Å². The van der Waals surface area contributed by atoms with Crippen LogP contribution in [0.25, 0.3) is 11.3 Å². The Bertz CT molecular complexity index is 1190. The van der Waals surface area contributed by atoms with Gasteiger partial charge in [-0.3, -0.25) is 9.59 Å². The van der Waals surface area contributed by atoms with E-state index in [9.17, 15) is 23.5 Å². The fourth-order valence-electron chi connectivity index (χ4n) is 5.80. The van der Waals surface area contributed by atoms with Crippen LogP contribution >= 0.6 is 0 Å². The maximum atomic E-state index is 13.6. The lowest BCUT2D eigenvalue weighted by Crippen LogP contribution is -2.46. The third-order valence-electron chi connectivity index (χ3n) is 8.22. The van der Waals surface area contributed by atoms with Crippen molar-refractivity contribution < 1.29 is 28.2 Å². The van der Waals surface area contributed by atoms with Gasteiger partial charge in [0, 0.05) is 23.8 Å². The van der Waals surface area contributed by atoms with Gasteiger partial charge in [-0.1, -0.05) is 46.1 Å². The summed E-state index contributed by atoms with van der Waals surface area (Å²) >= 11 is 0. The molecule has 208 valence electrons. The Hall–Kier alpha value is -2.90. The number of carboxylic acids is 1. The van der Waals surface area contributed by atoms with E-state index in [1.54, 1.807) is 13.0 Å². The summed E-state index contributed by atoms with van der Waals surface area (Å²) in [6.07, 6.45) is 6.57. The molecule has 0 bridgehead atoms. The van der Waals surface area contributed by atoms with Crippen molar-refractivity contribution in [2.24, 2.45) is 11.8 Å². The van der Waals surface area contributed by atoms with Crippen molar-refractivity contribution in [2.75, 3.05) is 0 Å². The van der Waals surface area contributed by atoms with Crippen LogP contribution in [0.15, 0.2) is 18.2 Å². The Labute approximate surface area is 223 Å². The summed E-state index contributed by atoms with van der Waals surface area (Å²) < 4.78 is 34.3. The standard InChI is InChI=1S/C30H40F2N2O4/c1-17-11-21(30(3,4)5)14-24(26(17)38-29(31)32)25-15-23(27(35)33-22-12-20(13-22)28(36)37)18(2)34(25)16-19-9-7-6-8-10-19/h11,14-15,19-20,22,29H,6-10,12-13,16H2,1-5H3,(H,33,35)(H,36,37). The topological polar surface area (TPSA) is 80.6 Å². The number of rotatable bonds is 8. The van der Waals surface area contributed by atoms with Gasteiger partial charge < -0.3 is 19.7 Å². The molecule has 6 nitrogen and oxygen atoms in total. The number of halogens is 2. The van der Waals surface area contributed by atoms with Gasteiger partial charge in [0.05, 0.1) is 17.2 Å². The lowest BCUT2D eigenvalue weighted by atomic mass is 9.80. The molecule has 1 aromatic heterocycles. The van der Waals surface area contributed by atoms with Gasteiger partial charge in [-0.15, -0.1) is 0 Å². The van der Waals surface area contributed by atoms with Gasteiger partial charge in [-0.2, -0.15) is 8.78 Å². The number of alkyl halides is 2. The predicted octanol–water partition coefficient (Wildman–Crippen LogP) is 6.84. The van der Waals surface area contributed by atoms with Gasteiger partial charge in [0.15, 0.2) is 0 Å². The van der Waals surface area contributed by atoms with Gasteiger partial charge >= 0.3 is 12.6 Å². The van der Waals surface area contributed by atoms with Gasteiger partial charge in [0.1, 0.15) is 5.75 Å². The lowest BCUT2D eigenvalue weighted by molar-refractivity contribution is -0.145. The normalized spacial score (nSPS) is 20.3. The summed E-state index contributed by atoms with van der Waals surface area (Å²) in [4.78, 5) is 24.6. The van der Waals surface area contributed by atoms with E-state index in [2.05, 4.69) is 30.7 Å². The molecule has 38 heavy (non-hydrogen) atoms. The minimum Gasteiger partial charge on any atom is -0.481 e. The van der Waals surface area contributed by atoms with E-state index in [4.69, 9.17) is 4.74 Å². The summed E-state index contributed by atoms with van der Waals surface area (Å²) in [6, 6.07) is 5.42. The molecule has 0 radical (unpaired) electrons. The van der Waals surface area contributed by atoms with Crippen LogP contribution in [0.1, 0.15) is 92.9 Å². The number of aromatic nitrogens is 1. The first-order valence-electron chi connectivity index (χ1n) is 13.7. The molecule has 0 aliphatic heterocycles. The zero-order valence-electron chi connectivity index (χ0n) is 23.1. The summed E-state index contributed by atoms with van der Waals surface area (Å²) in [7, 11) is 0. The summed E-state index contributed by atoms with van der Waals surface area (Å²) in [5.74, 6) is -0.956. The van der Waals surface area contributed by atoms with Crippen LogP contribution in [0.3, 0.4) is 0 Å². The van der Waals surface area contributed by atoms with Crippen LogP contribution in [0, 0.1) is 25.7 Å². The van der Waals surface area contributed by atoms with Crippen molar-refractivity contribution in [2.45, 2.75) is 104 Å². The fraction of sp³-hybridized carbons (Fsp3) is 0.600. The van der Waals surface area contributed by atoms with Crippen molar-refractivity contribution in [1.82, 2.24) is 9.88 Å². The van der Waals surface area contributed by atoms with E-state index < -0.39 is 18.5 Å². The first-order chi connectivity index (χ1) is 17.8. The first-order valence-corrected chi connectivity index (χ1v) is 13.7. The molecule has 0 atom stereocenters. The van der Waals surface area contributed by atoms with Gasteiger partial charge in [-0.05, 0) is 74.1 Å². The number of carboxylic acid groups (broad SMARTS) is 1. The maximum Gasteiger partial charge on any atom is 0.387 e. The number of hydrogen-bond donors (Lipinski definition) is 2. The van der Waals surface area contributed by atoms with Crippen LogP contribution in [0.4, 0.5) is 8.78 Å². The molecule has 0 saturated heterocycles. The number of benzene rings is 1. The molecule has 0 unspecified atom stereocenters. The van der Waals surface area contributed by atoms with E-state index in [-0.39, 0.29) is 23.1 Å². The molecule has 2 aliphatic rings. The van der Waals surface area contributed by atoms with Crippen LogP contribution in [0.2, 0.25) is 0 Å². The minimum absolute atomic E-state index is 0.130. The first kappa shape index (κ1) is 28.1. The summed E-state index contributed by atoms with van der Waals surface area (Å²) in [5.41, 5.74) is 3.91. The quantitative estimate of drug-likeness (QED) is 0.391. The van der Waals surface area contributed by atoms with Crippen LogP contribution in [-0.4, -0.2) is 34.2 Å². The molecule has 8 heteroatoms. The molecular weight excluding hydrogens is 490 g/mol. The van der Waals surface area contributed by atoms with Gasteiger partial charge in [0.25, 0.3) is 5.91 Å². The number of nitrogens with one attached hydrogen (secondary N) is 1. The molecule has 2 fully saturated rings. The van der Waals surface area contributed by atoms with E-state index in [0.29, 0.717) is 47.7 Å². The van der Waals surface area contributed by atoms with Crippen molar-refractivity contribution in [3.8, 4) is 17.0 Å². The molecule has 1 aromatic carbocycles. The Balaban J connectivity index is 1.79. The predicted molar refractivity (Wildman–Crippen MR) is 143 cm³/mol. The summed E-state index contributed by atoms with van der Waals surface area (Å²) in [5, 5.41) is 12.2. The largest absolute Gasteiger partial charge is 0.481 e. The highest BCUT2D eigenvalue weighted by atomic mass is 19.3. The highest BCUT2D eigenvalue weighted by Crippen LogP contribution is 2.41. The average Bonchev–Trinajstić information content (AvgIpc) is 3.12. The Morgan fingerprint density at radius 2 is 1.76 bits per heavy atom. The molecule has 1 heterocycles. The molecule has 4 rings (SSSR count). The number of ether oxygens (including phenoxy) is 1. The summed E-state index contributed by atoms with van der Waals surface area (Å²) in [6.45, 7) is 7.64. The second-order valence-electron chi connectivity index (χ2n) is 12.1. The minimum atomic E-state index is -2.97. The van der Waals surface area contributed by atoms with E-state index >= 15 is 0 Å². The zero-order valence-corrected chi connectivity index (χ0v) is 23.1. The number of nitrogens with zero attached hydrogens (tertiary/aromatic N) is 1. The number of amides is 1. The number of carbonyl (C=O) groups is 2. The third kappa shape index (κ3) is 6.05. The number of hydrogen-bond acceptors (Lipinski definition) is 3. The highest BCUT2D eigenvalue weighted by Gasteiger charge is 2.36. The van der Waals surface area contributed by atoms with Crippen molar-refractivity contribution in [1.29, 1.82) is 0 Å². The zero-order chi connectivity index (χ0) is 27.8. The van der Waals surface area contributed by atoms with Crippen molar-refractivity contribution >= 4 is 11.9 Å². The third-order valence-corrected chi connectivity index (χ3v) is 8.22. The molecule has 2 N–H and O–H groups in total. The lowest BCUT2D eigenvalue weighted by Gasteiger charge is -2.32. The van der Waals surface area contributed by atoms with E-state index in [1.165, 1.54) is 19.3 Å².